The Labute approximate surface area is 90.3 Å². The monoisotopic (exact) mass is 220 g/mol. The van der Waals surface area contributed by atoms with Gasteiger partial charge in [-0.15, -0.1) is 0 Å². The Balaban J connectivity index is 2.14. The standard InChI is InChI=1S/C9H12N6O/c10-4(3-1-2-3)6-12-5-7(13-6)14-9(11)15-8(5)16/h3-4H,1-2,10H2,(H4,11,12,13,14,15,16). The molecule has 0 amide bonds. The highest BCUT2D eigenvalue weighted by molar-refractivity contribution is 5.70. The molecule has 1 aliphatic carbocycles. The third kappa shape index (κ3) is 1.36. The lowest BCUT2D eigenvalue weighted by Crippen LogP contribution is -2.14. The molecular weight excluding hydrogens is 208 g/mol. The van der Waals surface area contributed by atoms with Gasteiger partial charge in [-0.3, -0.25) is 9.78 Å². The summed E-state index contributed by atoms with van der Waals surface area (Å²) in [5.41, 5.74) is 11.8. The zero-order chi connectivity index (χ0) is 11.3. The quantitative estimate of drug-likeness (QED) is 0.549. The molecule has 0 saturated heterocycles. The molecule has 1 fully saturated rings. The molecule has 0 aliphatic heterocycles. The summed E-state index contributed by atoms with van der Waals surface area (Å²) in [4.78, 5) is 25.0. The van der Waals surface area contributed by atoms with Gasteiger partial charge >= 0.3 is 0 Å². The topological polar surface area (TPSA) is 126 Å². The van der Waals surface area contributed by atoms with Gasteiger partial charge in [-0.1, -0.05) is 0 Å². The first kappa shape index (κ1) is 9.34. The van der Waals surface area contributed by atoms with Gasteiger partial charge in [0.25, 0.3) is 5.56 Å². The second-order valence-electron chi connectivity index (χ2n) is 4.14. The third-order valence-corrected chi connectivity index (χ3v) is 2.84. The minimum Gasteiger partial charge on any atom is -0.369 e. The van der Waals surface area contributed by atoms with Crippen molar-refractivity contribution < 1.29 is 0 Å². The van der Waals surface area contributed by atoms with Crippen molar-refractivity contribution >= 4 is 17.1 Å². The van der Waals surface area contributed by atoms with E-state index in [4.69, 9.17) is 11.5 Å². The van der Waals surface area contributed by atoms with Gasteiger partial charge in [-0.05, 0) is 18.8 Å². The van der Waals surface area contributed by atoms with E-state index in [1.54, 1.807) is 0 Å². The van der Waals surface area contributed by atoms with E-state index in [0.29, 0.717) is 22.9 Å². The minimum atomic E-state index is -0.316. The average Bonchev–Trinajstić information content (AvgIpc) is 2.97. The van der Waals surface area contributed by atoms with Crippen molar-refractivity contribution in [3.8, 4) is 0 Å². The van der Waals surface area contributed by atoms with E-state index in [1.807, 2.05) is 0 Å². The number of nitrogens with two attached hydrogens (primary N) is 2. The lowest BCUT2D eigenvalue weighted by molar-refractivity contribution is 0.602. The zero-order valence-corrected chi connectivity index (χ0v) is 8.53. The summed E-state index contributed by atoms with van der Waals surface area (Å²) >= 11 is 0. The molecule has 1 unspecified atom stereocenters. The molecule has 0 radical (unpaired) electrons. The van der Waals surface area contributed by atoms with E-state index in [9.17, 15) is 4.79 Å². The molecule has 6 N–H and O–H groups in total. The van der Waals surface area contributed by atoms with E-state index in [2.05, 4.69) is 19.9 Å². The highest BCUT2D eigenvalue weighted by Crippen LogP contribution is 2.38. The molecule has 1 atom stereocenters. The summed E-state index contributed by atoms with van der Waals surface area (Å²) in [5.74, 6) is 1.15. The first-order chi connectivity index (χ1) is 7.65. The molecular formula is C9H12N6O. The van der Waals surface area contributed by atoms with Gasteiger partial charge in [0, 0.05) is 0 Å². The molecule has 0 bridgehead atoms. The van der Waals surface area contributed by atoms with Crippen LogP contribution in [0, 0.1) is 5.92 Å². The number of H-pyrrole nitrogens is 2. The van der Waals surface area contributed by atoms with Crippen molar-refractivity contribution in [1.82, 2.24) is 19.9 Å². The minimum absolute atomic E-state index is 0.0653. The molecule has 2 aromatic heterocycles. The molecule has 7 nitrogen and oxygen atoms in total. The number of nitrogen functional groups attached to an aromatic ring is 1. The maximum atomic E-state index is 11.5. The van der Waals surface area contributed by atoms with E-state index >= 15 is 0 Å². The number of nitrogens with zero attached hydrogens (tertiary/aromatic N) is 2. The Morgan fingerprint density at radius 3 is 2.75 bits per heavy atom. The Bertz CT molecular complexity index is 596. The predicted octanol–water partition coefficient (Wildman–Crippen LogP) is -0.362. The van der Waals surface area contributed by atoms with E-state index in [0.717, 1.165) is 12.8 Å². The van der Waals surface area contributed by atoms with Gasteiger partial charge < -0.3 is 16.5 Å². The van der Waals surface area contributed by atoms with Crippen LogP contribution in [0.2, 0.25) is 0 Å². The maximum absolute atomic E-state index is 11.5. The number of rotatable bonds is 2. The summed E-state index contributed by atoms with van der Waals surface area (Å²) < 4.78 is 0. The zero-order valence-electron chi connectivity index (χ0n) is 8.53. The fourth-order valence-corrected chi connectivity index (χ4v) is 1.78. The number of hydrogen-bond donors (Lipinski definition) is 4. The highest BCUT2D eigenvalue weighted by Gasteiger charge is 2.31. The van der Waals surface area contributed by atoms with Crippen LogP contribution in [0.5, 0.6) is 0 Å². The first-order valence-corrected chi connectivity index (χ1v) is 5.16. The number of hydrogen-bond acceptors (Lipinski definition) is 5. The van der Waals surface area contributed by atoms with Gasteiger partial charge in [0.1, 0.15) is 5.82 Å². The summed E-state index contributed by atoms with van der Waals surface area (Å²) in [6.45, 7) is 0. The van der Waals surface area contributed by atoms with Crippen LogP contribution in [0.25, 0.3) is 11.2 Å². The number of aromatic amines is 2. The molecule has 1 aliphatic rings. The number of imidazole rings is 1. The van der Waals surface area contributed by atoms with Crippen LogP contribution in [0.4, 0.5) is 5.95 Å². The van der Waals surface area contributed by atoms with Crippen LogP contribution in [-0.4, -0.2) is 19.9 Å². The second kappa shape index (κ2) is 3.05. The fourth-order valence-electron chi connectivity index (χ4n) is 1.78. The van der Waals surface area contributed by atoms with Crippen molar-refractivity contribution in [1.29, 1.82) is 0 Å². The maximum Gasteiger partial charge on any atom is 0.278 e. The van der Waals surface area contributed by atoms with E-state index < -0.39 is 0 Å². The molecule has 2 heterocycles. The number of anilines is 1. The third-order valence-electron chi connectivity index (χ3n) is 2.84. The average molecular weight is 220 g/mol. The van der Waals surface area contributed by atoms with Gasteiger partial charge in [0.15, 0.2) is 11.2 Å². The van der Waals surface area contributed by atoms with Gasteiger partial charge in [0.05, 0.1) is 6.04 Å². The van der Waals surface area contributed by atoms with Crippen LogP contribution in [-0.2, 0) is 0 Å². The van der Waals surface area contributed by atoms with Crippen LogP contribution >= 0.6 is 0 Å². The lowest BCUT2D eigenvalue weighted by Gasteiger charge is -2.04. The Kier molecular flexibility index (Phi) is 1.78. The first-order valence-electron chi connectivity index (χ1n) is 5.16. The predicted molar refractivity (Wildman–Crippen MR) is 58.6 cm³/mol. The highest BCUT2D eigenvalue weighted by atomic mass is 16.1. The number of fused-ring (bicyclic) bond motifs is 1. The van der Waals surface area contributed by atoms with Crippen molar-refractivity contribution in [2.24, 2.45) is 11.7 Å². The van der Waals surface area contributed by atoms with Gasteiger partial charge in [-0.2, -0.15) is 4.98 Å². The van der Waals surface area contributed by atoms with Crippen LogP contribution < -0.4 is 17.0 Å². The lowest BCUT2D eigenvalue weighted by atomic mass is 10.2. The van der Waals surface area contributed by atoms with Crippen LogP contribution in [0.1, 0.15) is 24.7 Å². The number of aromatic nitrogens is 4. The van der Waals surface area contributed by atoms with Crippen LogP contribution in [0.15, 0.2) is 4.79 Å². The summed E-state index contributed by atoms with van der Waals surface area (Å²) in [6.07, 6.45) is 2.23. The van der Waals surface area contributed by atoms with Crippen molar-refractivity contribution in [3.05, 3.63) is 16.2 Å². The molecule has 2 aromatic rings. The smallest absolute Gasteiger partial charge is 0.278 e. The Hall–Kier alpha value is -1.89. The van der Waals surface area contributed by atoms with Crippen molar-refractivity contribution in [2.45, 2.75) is 18.9 Å². The molecule has 7 heteroatoms. The SMILES string of the molecule is Nc1nc2nc(C(N)C3CC3)[nH]c2c(=O)[nH]1. The van der Waals surface area contributed by atoms with Crippen molar-refractivity contribution in [2.75, 3.05) is 5.73 Å². The summed E-state index contributed by atoms with van der Waals surface area (Å²) in [6, 6.07) is -0.144. The molecule has 3 rings (SSSR count). The van der Waals surface area contributed by atoms with Crippen molar-refractivity contribution in [3.63, 3.8) is 0 Å². The molecule has 0 spiro atoms. The largest absolute Gasteiger partial charge is 0.369 e. The fraction of sp³-hybridized carbons (Fsp3) is 0.444. The molecule has 0 aromatic carbocycles. The summed E-state index contributed by atoms with van der Waals surface area (Å²) in [5, 5.41) is 0. The second-order valence-corrected chi connectivity index (χ2v) is 4.14. The van der Waals surface area contributed by atoms with E-state index in [-0.39, 0.29) is 17.5 Å². The van der Waals surface area contributed by atoms with E-state index in [1.165, 1.54) is 0 Å². The van der Waals surface area contributed by atoms with Crippen LogP contribution in [0.3, 0.4) is 0 Å². The Morgan fingerprint density at radius 2 is 2.06 bits per heavy atom. The molecule has 1 saturated carbocycles. The Morgan fingerprint density at radius 1 is 1.31 bits per heavy atom. The molecule has 84 valence electrons. The van der Waals surface area contributed by atoms with Gasteiger partial charge in [0.2, 0.25) is 5.95 Å². The molecule has 16 heavy (non-hydrogen) atoms. The summed E-state index contributed by atoms with van der Waals surface area (Å²) in [7, 11) is 0. The van der Waals surface area contributed by atoms with Gasteiger partial charge in [-0.25, -0.2) is 4.98 Å². The number of nitrogens with one attached hydrogen (secondary N) is 2. The normalized spacial score (nSPS) is 17.8.